The summed E-state index contributed by atoms with van der Waals surface area (Å²) in [7, 11) is 0. The van der Waals surface area contributed by atoms with Gasteiger partial charge < -0.3 is 15.1 Å². The predicted octanol–water partition coefficient (Wildman–Crippen LogP) is 3.85. The van der Waals surface area contributed by atoms with Gasteiger partial charge >= 0.3 is 0 Å². The lowest BCUT2D eigenvalue weighted by molar-refractivity contribution is -0.116. The van der Waals surface area contributed by atoms with Crippen LogP contribution in [-0.4, -0.2) is 24.0 Å². The predicted molar refractivity (Wildman–Crippen MR) is 96.7 cm³/mol. The molecule has 2 aliphatic rings. The fraction of sp³-hybridized carbons (Fsp3) is 0.556. The standard InChI is InChI=1S/C18H23N3O2.ClH/c22-17(6-1-12-7-9-19-10-8-12)20-14-4-5-15-16(11-14)23-18(21-15)13-2-3-13;/h4-5,11-13,19H,1-3,6-10H2,(H,20,22);1H. The molecule has 4 rings (SSSR count). The first-order valence-electron chi connectivity index (χ1n) is 8.69. The highest BCUT2D eigenvalue weighted by molar-refractivity contribution is 5.92. The molecule has 1 aliphatic heterocycles. The van der Waals surface area contributed by atoms with E-state index in [1.165, 1.54) is 25.7 Å². The number of anilines is 1. The third-order valence-corrected chi connectivity index (χ3v) is 4.85. The number of amides is 1. The van der Waals surface area contributed by atoms with Gasteiger partial charge in [-0.15, -0.1) is 12.4 Å². The number of halogens is 1. The van der Waals surface area contributed by atoms with Gasteiger partial charge in [0.2, 0.25) is 5.91 Å². The van der Waals surface area contributed by atoms with E-state index in [-0.39, 0.29) is 18.3 Å². The number of piperidine rings is 1. The molecule has 1 aliphatic carbocycles. The van der Waals surface area contributed by atoms with Crippen LogP contribution in [0, 0.1) is 5.92 Å². The number of oxazole rings is 1. The highest BCUT2D eigenvalue weighted by Crippen LogP contribution is 2.40. The molecule has 1 amide bonds. The topological polar surface area (TPSA) is 67.2 Å². The van der Waals surface area contributed by atoms with Gasteiger partial charge in [-0.2, -0.15) is 0 Å². The van der Waals surface area contributed by atoms with E-state index in [2.05, 4.69) is 15.6 Å². The van der Waals surface area contributed by atoms with Crippen LogP contribution in [0.25, 0.3) is 11.1 Å². The highest BCUT2D eigenvalue weighted by atomic mass is 35.5. The lowest BCUT2D eigenvalue weighted by Gasteiger charge is -2.22. The summed E-state index contributed by atoms with van der Waals surface area (Å²) in [6.07, 6.45) is 6.28. The second kappa shape index (κ2) is 7.53. The summed E-state index contributed by atoms with van der Waals surface area (Å²) < 4.78 is 5.80. The van der Waals surface area contributed by atoms with Crippen molar-refractivity contribution in [2.24, 2.45) is 5.92 Å². The number of nitrogens with zero attached hydrogens (tertiary/aromatic N) is 1. The van der Waals surface area contributed by atoms with Crippen molar-refractivity contribution >= 4 is 35.1 Å². The Morgan fingerprint density at radius 3 is 2.79 bits per heavy atom. The number of aromatic nitrogens is 1. The molecule has 2 aromatic rings. The Kier molecular flexibility index (Phi) is 5.41. The number of carbonyl (C=O) groups excluding carboxylic acids is 1. The van der Waals surface area contributed by atoms with Crippen LogP contribution in [0.15, 0.2) is 22.6 Å². The third kappa shape index (κ3) is 4.08. The van der Waals surface area contributed by atoms with Crippen LogP contribution in [0.5, 0.6) is 0 Å². The molecule has 1 aromatic carbocycles. The van der Waals surface area contributed by atoms with Crippen molar-refractivity contribution in [3.8, 4) is 0 Å². The van der Waals surface area contributed by atoms with E-state index in [9.17, 15) is 4.79 Å². The molecule has 1 saturated carbocycles. The van der Waals surface area contributed by atoms with E-state index < -0.39 is 0 Å². The number of benzene rings is 1. The zero-order valence-electron chi connectivity index (χ0n) is 13.7. The normalized spacial score (nSPS) is 18.3. The van der Waals surface area contributed by atoms with Gasteiger partial charge in [0.05, 0.1) is 0 Å². The maximum Gasteiger partial charge on any atom is 0.224 e. The molecular formula is C18H24ClN3O2. The first kappa shape index (κ1) is 17.2. The first-order chi connectivity index (χ1) is 11.3. The van der Waals surface area contributed by atoms with Crippen molar-refractivity contribution in [3.05, 3.63) is 24.1 Å². The molecule has 2 fully saturated rings. The Balaban J connectivity index is 0.00000169. The molecule has 6 heteroatoms. The number of fused-ring (bicyclic) bond motifs is 1. The number of rotatable bonds is 5. The van der Waals surface area contributed by atoms with Crippen molar-refractivity contribution in [2.75, 3.05) is 18.4 Å². The summed E-state index contributed by atoms with van der Waals surface area (Å²) in [5.74, 6) is 2.12. The summed E-state index contributed by atoms with van der Waals surface area (Å²) in [5, 5.41) is 6.34. The van der Waals surface area contributed by atoms with E-state index in [1.807, 2.05) is 18.2 Å². The van der Waals surface area contributed by atoms with Crippen molar-refractivity contribution in [1.82, 2.24) is 10.3 Å². The van der Waals surface area contributed by atoms with Crippen LogP contribution < -0.4 is 10.6 Å². The highest BCUT2D eigenvalue weighted by Gasteiger charge is 2.28. The number of carbonyl (C=O) groups is 1. The van der Waals surface area contributed by atoms with Crippen molar-refractivity contribution in [3.63, 3.8) is 0 Å². The van der Waals surface area contributed by atoms with E-state index >= 15 is 0 Å². The monoisotopic (exact) mass is 349 g/mol. The Morgan fingerprint density at radius 1 is 1.25 bits per heavy atom. The largest absolute Gasteiger partial charge is 0.440 e. The van der Waals surface area contributed by atoms with Gasteiger partial charge in [0, 0.05) is 24.1 Å². The average molecular weight is 350 g/mol. The van der Waals surface area contributed by atoms with Crippen LogP contribution in [-0.2, 0) is 4.79 Å². The summed E-state index contributed by atoms with van der Waals surface area (Å²) in [6.45, 7) is 2.16. The molecule has 130 valence electrons. The zero-order valence-corrected chi connectivity index (χ0v) is 14.5. The van der Waals surface area contributed by atoms with Gasteiger partial charge in [0.15, 0.2) is 11.5 Å². The Morgan fingerprint density at radius 2 is 2.04 bits per heavy atom. The Labute approximate surface area is 148 Å². The quantitative estimate of drug-likeness (QED) is 0.860. The zero-order chi connectivity index (χ0) is 15.6. The summed E-state index contributed by atoms with van der Waals surface area (Å²) in [5.41, 5.74) is 2.44. The smallest absolute Gasteiger partial charge is 0.224 e. The van der Waals surface area contributed by atoms with Crippen molar-refractivity contribution in [2.45, 2.75) is 44.4 Å². The van der Waals surface area contributed by atoms with Gasteiger partial charge in [0.1, 0.15) is 5.52 Å². The fourth-order valence-electron chi connectivity index (χ4n) is 3.25. The minimum Gasteiger partial charge on any atom is -0.440 e. The van der Waals surface area contributed by atoms with E-state index in [0.717, 1.165) is 42.2 Å². The number of hydrogen-bond acceptors (Lipinski definition) is 4. The minimum absolute atomic E-state index is 0. The van der Waals surface area contributed by atoms with Crippen LogP contribution in [0.3, 0.4) is 0 Å². The molecule has 24 heavy (non-hydrogen) atoms. The van der Waals surface area contributed by atoms with Crippen LogP contribution in [0.4, 0.5) is 5.69 Å². The van der Waals surface area contributed by atoms with Gasteiger partial charge in [-0.3, -0.25) is 4.79 Å². The molecule has 1 aromatic heterocycles. The molecule has 0 bridgehead atoms. The fourth-order valence-corrected chi connectivity index (χ4v) is 3.25. The van der Waals surface area contributed by atoms with Crippen LogP contribution in [0.2, 0.25) is 0 Å². The maximum atomic E-state index is 12.1. The summed E-state index contributed by atoms with van der Waals surface area (Å²) in [6, 6.07) is 5.72. The maximum absolute atomic E-state index is 12.1. The van der Waals surface area contributed by atoms with Crippen molar-refractivity contribution < 1.29 is 9.21 Å². The molecular weight excluding hydrogens is 326 g/mol. The van der Waals surface area contributed by atoms with Gasteiger partial charge in [-0.05, 0) is 63.2 Å². The molecule has 0 unspecified atom stereocenters. The number of nitrogens with one attached hydrogen (secondary N) is 2. The van der Waals surface area contributed by atoms with E-state index in [4.69, 9.17) is 4.42 Å². The van der Waals surface area contributed by atoms with E-state index in [1.54, 1.807) is 0 Å². The van der Waals surface area contributed by atoms with Gasteiger partial charge in [-0.25, -0.2) is 4.98 Å². The average Bonchev–Trinajstić information content (AvgIpc) is 3.34. The van der Waals surface area contributed by atoms with E-state index in [0.29, 0.717) is 18.3 Å². The Hall–Kier alpha value is -1.59. The lowest BCUT2D eigenvalue weighted by Crippen LogP contribution is -2.28. The second-order valence-electron chi connectivity index (χ2n) is 6.79. The van der Waals surface area contributed by atoms with Crippen molar-refractivity contribution in [1.29, 1.82) is 0 Å². The Bertz CT molecular complexity index is 705. The van der Waals surface area contributed by atoms with Crippen LogP contribution in [0.1, 0.15) is 50.3 Å². The summed E-state index contributed by atoms with van der Waals surface area (Å²) in [4.78, 5) is 16.6. The molecule has 0 atom stereocenters. The SMILES string of the molecule is Cl.O=C(CCC1CCNCC1)Nc1ccc2nc(C3CC3)oc2c1. The lowest BCUT2D eigenvalue weighted by atomic mass is 9.93. The molecule has 1 saturated heterocycles. The van der Waals surface area contributed by atoms with Gasteiger partial charge in [0.25, 0.3) is 0 Å². The minimum atomic E-state index is 0. The molecule has 0 spiro atoms. The summed E-state index contributed by atoms with van der Waals surface area (Å²) >= 11 is 0. The van der Waals surface area contributed by atoms with Crippen LogP contribution >= 0.6 is 12.4 Å². The van der Waals surface area contributed by atoms with Gasteiger partial charge in [-0.1, -0.05) is 0 Å². The number of hydrogen-bond donors (Lipinski definition) is 2. The second-order valence-corrected chi connectivity index (χ2v) is 6.79. The molecule has 0 radical (unpaired) electrons. The first-order valence-corrected chi connectivity index (χ1v) is 8.69. The molecule has 2 heterocycles. The third-order valence-electron chi connectivity index (χ3n) is 4.85. The molecule has 2 N–H and O–H groups in total. The molecule has 5 nitrogen and oxygen atoms in total.